The average molecular weight is 1060 g/mol. The van der Waals surface area contributed by atoms with E-state index in [0.29, 0.717) is 0 Å². The Balaban J connectivity index is 1.10. The van der Waals surface area contributed by atoms with Crippen molar-refractivity contribution in [2.45, 2.75) is 161 Å². The van der Waals surface area contributed by atoms with Crippen LogP contribution < -0.4 is 41.9 Å². The van der Waals surface area contributed by atoms with Crippen LogP contribution in [0.25, 0.3) is 22.1 Å². The third kappa shape index (κ3) is 7.79. The molecule has 1 aromatic heterocycles. The van der Waals surface area contributed by atoms with Crippen molar-refractivity contribution >= 4 is 92.7 Å². The zero-order valence-corrected chi connectivity index (χ0v) is 50.9. The summed E-state index contributed by atoms with van der Waals surface area (Å²) in [5.41, 5.74) is 24.7. The molecule has 5 aliphatic rings. The summed E-state index contributed by atoms with van der Waals surface area (Å²) >= 11 is 0. The third-order valence-electron chi connectivity index (χ3n) is 20.8. The van der Waals surface area contributed by atoms with Gasteiger partial charge in [-0.1, -0.05) is 214 Å². The maximum atomic E-state index is 7.83. The molecule has 0 saturated heterocycles. The number of nitrogens with zero attached hydrogens (tertiary/aromatic N) is 2. The van der Waals surface area contributed by atoms with E-state index in [4.69, 9.17) is 4.42 Å². The van der Waals surface area contributed by atoms with Crippen molar-refractivity contribution in [3.05, 3.63) is 203 Å². The molecule has 0 radical (unpaired) electrons. The fraction of sp³-hybridized carbons (Fsp3) is 0.333. The Labute approximate surface area is 479 Å². The summed E-state index contributed by atoms with van der Waals surface area (Å²) in [5, 5.41) is 5.47. The second-order valence-electron chi connectivity index (χ2n) is 28.9. The maximum absolute atomic E-state index is 7.83. The van der Waals surface area contributed by atoms with Crippen LogP contribution in [-0.2, 0) is 32.5 Å². The van der Waals surface area contributed by atoms with Crippen LogP contribution in [0.5, 0.6) is 0 Å². The third-order valence-corrected chi connectivity index (χ3v) is 23.9. The summed E-state index contributed by atoms with van der Waals surface area (Å²) < 4.78 is 7.83. The Bertz CT molecular complexity index is 3950. The zero-order valence-electron chi connectivity index (χ0n) is 49.8. The molecule has 5 heteroatoms. The SMILES string of the molecule is Cc1cc2c3c(c1)N(c1ccc4c(c1)C(C)(C)CCC4(C)C)c1c(oc4cc5c(cc14)C(C)(C)CCC5(C)C)B3c1cc3c(cc1N2c1ccc([SiH](c2ccccc2)c2ccccc2)cc1-c1ccccc1)C(C)(C)CCC3(C)C. The van der Waals surface area contributed by atoms with Crippen LogP contribution >= 0.6 is 0 Å². The van der Waals surface area contributed by atoms with Crippen LogP contribution in [-0.4, -0.2) is 15.5 Å². The standard InChI is InChI=1S/C75H79BN2OSi/c1-47-39-64-67-65(40-47)78(62-32-30-52(42-53(62)48-23-17-14-18-24-48)80(50-25-19-15-20-26-50)51-27-21-16-22-28-51)63-45-59-58(73(8,9)36-37-74(59,10)11)44-61(63)76(67)69-68(54-43-57-60(46-66(54)79-69)75(12,13)38-35-72(57,6)7)77(64)49-29-31-55-56(41-49)71(4,5)34-33-70(55,2)3/h14-32,39-46,80H,33-38H2,1-13H3. The van der Waals surface area contributed by atoms with Crippen LogP contribution in [0.3, 0.4) is 0 Å². The van der Waals surface area contributed by atoms with Gasteiger partial charge in [0.2, 0.25) is 0 Å². The van der Waals surface area contributed by atoms with Gasteiger partial charge in [0.25, 0.3) is 6.71 Å². The summed E-state index contributed by atoms with van der Waals surface area (Å²) in [6.07, 6.45) is 6.91. The largest absolute Gasteiger partial charge is 0.468 e. The van der Waals surface area contributed by atoms with Gasteiger partial charge in [-0.25, -0.2) is 0 Å². The van der Waals surface area contributed by atoms with Crippen LogP contribution in [0.15, 0.2) is 168 Å². The van der Waals surface area contributed by atoms with Crippen molar-refractivity contribution in [3.8, 4) is 11.1 Å². The minimum absolute atomic E-state index is 0.0101. The van der Waals surface area contributed by atoms with E-state index in [1.165, 1.54) is 122 Å². The van der Waals surface area contributed by atoms with Crippen LogP contribution in [0.1, 0.15) is 161 Å². The first-order valence-corrected chi connectivity index (χ1v) is 31.8. The number of rotatable bonds is 6. The molecule has 0 amide bonds. The lowest BCUT2D eigenvalue weighted by Gasteiger charge is -2.47. The van der Waals surface area contributed by atoms with Crippen molar-refractivity contribution in [3.63, 3.8) is 0 Å². The van der Waals surface area contributed by atoms with Crippen LogP contribution in [0, 0.1) is 6.92 Å². The minimum Gasteiger partial charge on any atom is -0.468 e. The first-order chi connectivity index (χ1) is 38.0. The van der Waals surface area contributed by atoms with Gasteiger partial charge < -0.3 is 14.2 Å². The van der Waals surface area contributed by atoms with E-state index < -0.39 is 8.80 Å². The van der Waals surface area contributed by atoms with Crippen molar-refractivity contribution in [1.82, 2.24) is 0 Å². The minimum atomic E-state index is -1.92. The molecule has 2 aliphatic heterocycles. The molecule has 3 nitrogen and oxygen atoms in total. The summed E-state index contributed by atoms with van der Waals surface area (Å²) in [6.45, 7) is 31.8. The summed E-state index contributed by atoms with van der Waals surface area (Å²) in [7, 11) is -1.92. The summed E-state index contributed by atoms with van der Waals surface area (Å²) in [5.74, 6) is 0. The number of benzene rings is 8. The van der Waals surface area contributed by atoms with Crippen molar-refractivity contribution in [2.24, 2.45) is 0 Å². The topological polar surface area (TPSA) is 19.6 Å². The van der Waals surface area contributed by atoms with Crippen LogP contribution in [0.4, 0.5) is 34.1 Å². The second kappa shape index (κ2) is 17.6. The molecule has 0 atom stereocenters. The fourth-order valence-corrected chi connectivity index (χ4v) is 18.6. The van der Waals surface area contributed by atoms with Gasteiger partial charge in [0.05, 0.1) is 17.0 Å². The molecule has 80 heavy (non-hydrogen) atoms. The highest BCUT2D eigenvalue weighted by Gasteiger charge is 2.50. The first kappa shape index (κ1) is 51.3. The normalized spacial score (nSPS) is 19.1. The molecular weight excluding hydrogens is 984 g/mol. The van der Waals surface area contributed by atoms with E-state index in [9.17, 15) is 0 Å². The quantitative estimate of drug-likeness (QED) is 0.122. The molecule has 0 N–H and O–H groups in total. The Morgan fingerprint density at radius 3 is 1.48 bits per heavy atom. The van der Waals surface area contributed by atoms with Crippen molar-refractivity contribution < 1.29 is 4.42 Å². The van der Waals surface area contributed by atoms with Gasteiger partial charge in [-0.2, -0.15) is 0 Å². The summed E-state index contributed by atoms with van der Waals surface area (Å²) in [4.78, 5) is 5.37. The Morgan fingerprint density at radius 2 is 0.900 bits per heavy atom. The highest BCUT2D eigenvalue weighted by atomic mass is 28.3. The van der Waals surface area contributed by atoms with Gasteiger partial charge in [-0.05, 0) is 182 Å². The number of aryl methyl sites for hydroxylation is 1. The van der Waals surface area contributed by atoms with E-state index in [0.717, 1.165) is 43.3 Å². The summed E-state index contributed by atoms with van der Waals surface area (Å²) in [6, 6.07) is 64.3. The average Bonchev–Trinajstić information content (AvgIpc) is 3.83. The molecule has 402 valence electrons. The van der Waals surface area contributed by atoms with E-state index in [1.807, 2.05) is 0 Å². The fourth-order valence-electron chi connectivity index (χ4n) is 15.6. The number of anilines is 6. The van der Waals surface area contributed by atoms with Gasteiger partial charge in [-0.3, -0.25) is 0 Å². The van der Waals surface area contributed by atoms with E-state index in [1.54, 1.807) is 0 Å². The highest BCUT2D eigenvalue weighted by Crippen LogP contribution is 2.55. The van der Waals surface area contributed by atoms with Gasteiger partial charge in [0.15, 0.2) is 0 Å². The Hall–Kier alpha value is -6.82. The van der Waals surface area contributed by atoms with Crippen LogP contribution in [0.2, 0.25) is 0 Å². The predicted octanol–water partition coefficient (Wildman–Crippen LogP) is 15.8. The van der Waals surface area contributed by atoms with E-state index in [2.05, 4.69) is 264 Å². The Kier molecular flexibility index (Phi) is 11.3. The number of fused-ring (bicyclic) bond motifs is 9. The molecule has 3 aliphatic carbocycles. The van der Waals surface area contributed by atoms with Crippen molar-refractivity contribution in [2.75, 3.05) is 9.80 Å². The van der Waals surface area contributed by atoms with Gasteiger partial charge in [-0.15, -0.1) is 0 Å². The second-order valence-corrected chi connectivity index (χ2v) is 31.8. The molecule has 3 heterocycles. The van der Waals surface area contributed by atoms with E-state index in [-0.39, 0.29) is 39.2 Å². The van der Waals surface area contributed by atoms with Gasteiger partial charge in [0.1, 0.15) is 14.4 Å². The lowest BCUT2D eigenvalue weighted by atomic mass is 9.35. The Morgan fingerprint density at radius 1 is 0.412 bits per heavy atom. The number of furan rings is 1. The molecule has 0 fully saturated rings. The number of hydrogen-bond donors (Lipinski definition) is 0. The highest BCUT2D eigenvalue weighted by molar-refractivity contribution is 7.00. The molecule has 0 bridgehead atoms. The molecule has 0 spiro atoms. The number of hydrogen-bond acceptors (Lipinski definition) is 3. The molecular formula is C75H79BN2OSi. The first-order valence-electron chi connectivity index (χ1n) is 30.0. The van der Waals surface area contributed by atoms with Gasteiger partial charge >= 0.3 is 0 Å². The smallest absolute Gasteiger partial charge is 0.297 e. The lowest BCUT2D eigenvalue weighted by Crippen LogP contribution is -2.61. The molecule has 0 unspecified atom stereocenters. The predicted molar refractivity (Wildman–Crippen MR) is 345 cm³/mol. The molecule has 0 saturated carbocycles. The molecule has 14 rings (SSSR count). The van der Waals surface area contributed by atoms with E-state index >= 15 is 0 Å². The maximum Gasteiger partial charge on any atom is 0.297 e. The van der Waals surface area contributed by atoms with Crippen molar-refractivity contribution in [1.29, 1.82) is 0 Å². The molecule has 9 aromatic rings. The molecule has 8 aromatic carbocycles. The zero-order chi connectivity index (χ0) is 55.6. The monoisotopic (exact) mass is 1060 g/mol. The lowest BCUT2D eigenvalue weighted by molar-refractivity contribution is 0.332. The van der Waals surface area contributed by atoms with Gasteiger partial charge in [0, 0.05) is 33.7 Å².